The molecule has 2 saturated heterocycles. The summed E-state index contributed by atoms with van der Waals surface area (Å²) in [5.41, 5.74) is 2.30. The second kappa shape index (κ2) is 7.14. The lowest BCUT2D eigenvalue weighted by molar-refractivity contribution is 0.101. The molecule has 3 rings (SSSR count). The molecule has 2 fully saturated rings. The first kappa shape index (κ1) is 16.0. The number of Topliss-reactive ketones (excluding diaryl/α,β-unsaturated/α-hetero) is 1. The highest BCUT2D eigenvalue weighted by atomic mass is 16.1. The maximum atomic E-state index is 11.6. The molecule has 2 heterocycles. The molecule has 4 heteroatoms. The van der Waals surface area contributed by atoms with E-state index in [-0.39, 0.29) is 5.78 Å². The minimum absolute atomic E-state index is 0.0552. The smallest absolute Gasteiger partial charge is 0.159 e. The van der Waals surface area contributed by atoms with E-state index in [1.54, 1.807) is 19.1 Å². The lowest BCUT2D eigenvalue weighted by Gasteiger charge is -2.35. The van der Waals surface area contributed by atoms with Crippen LogP contribution in [0.5, 0.6) is 0 Å². The molecule has 2 aliphatic rings. The zero-order valence-electron chi connectivity index (χ0n) is 13.9. The van der Waals surface area contributed by atoms with Gasteiger partial charge in [0.1, 0.15) is 6.07 Å². The SMILES string of the molecule is CC(=O)c1ccc(C#N)c(N2CCC(CN3CCCC3)CC2)c1. The largest absolute Gasteiger partial charge is 0.370 e. The molecule has 0 bridgehead atoms. The predicted molar refractivity (Wildman–Crippen MR) is 91.8 cm³/mol. The number of nitrogens with zero attached hydrogens (tertiary/aromatic N) is 3. The van der Waals surface area contributed by atoms with E-state index in [0.717, 1.165) is 24.7 Å². The van der Waals surface area contributed by atoms with E-state index in [2.05, 4.69) is 15.9 Å². The lowest BCUT2D eigenvalue weighted by Crippen LogP contribution is -2.38. The fraction of sp³-hybridized carbons (Fsp3) is 0.579. The molecule has 122 valence electrons. The number of carbonyl (C=O) groups is 1. The molecule has 1 aromatic rings. The van der Waals surface area contributed by atoms with Crippen molar-refractivity contribution in [2.24, 2.45) is 5.92 Å². The van der Waals surface area contributed by atoms with Crippen molar-refractivity contribution in [3.8, 4) is 6.07 Å². The van der Waals surface area contributed by atoms with E-state index in [9.17, 15) is 10.1 Å². The first-order valence-electron chi connectivity index (χ1n) is 8.70. The number of likely N-dealkylation sites (tertiary alicyclic amines) is 1. The van der Waals surface area contributed by atoms with Gasteiger partial charge in [0.15, 0.2) is 5.78 Å². The van der Waals surface area contributed by atoms with Gasteiger partial charge in [0.2, 0.25) is 0 Å². The highest BCUT2D eigenvalue weighted by Crippen LogP contribution is 2.28. The topological polar surface area (TPSA) is 47.3 Å². The molecule has 0 N–H and O–H groups in total. The number of hydrogen-bond acceptors (Lipinski definition) is 4. The van der Waals surface area contributed by atoms with Gasteiger partial charge in [0.05, 0.1) is 11.3 Å². The zero-order valence-corrected chi connectivity index (χ0v) is 13.9. The third-order valence-corrected chi connectivity index (χ3v) is 5.20. The van der Waals surface area contributed by atoms with E-state index >= 15 is 0 Å². The van der Waals surface area contributed by atoms with Crippen LogP contribution in [0.15, 0.2) is 18.2 Å². The summed E-state index contributed by atoms with van der Waals surface area (Å²) >= 11 is 0. The maximum absolute atomic E-state index is 11.6. The van der Waals surface area contributed by atoms with Crippen molar-refractivity contribution >= 4 is 11.5 Å². The van der Waals surface area contributed by atoms with Gasteiger partial charge in [-0.3, -0.25) is 4.79 Å². The molecule has 0 saturated carbocycles. The van der Waals surface area contributed by atoms with Gasteiger partial charge in [0, 0.05) is 25.2 Å². The predicted octanol–water partition coefficient (Wildman–Crippen LogP) is 3.07. The number of rotatable bonds is 4. The molecule has 0 amide bonds. The minimum Gasteiger partial charge on any atom is -0.370 e. The number of benzene rings is 1. The Morgan fingerprint density at radius 3 is 2.52 bits per heavy atom. The Labute approximate surface area is 138 Å². The van der Waals surface area contributed by atoms with Crippen LogP contribution in [0.2, 0.25) is 0 Å². The van der Waals surface area contributed by atoms with Crippen LogP contribution in [-0.4, -0.2) is 43.4 Å². The Balaban J connectivity index is 1.65. The third kappa shape index (κ3) is 3.73. The number of hydrogen-bond donors (Lipinski definition) is 0. The fourth-order valence-corrected chi connectivity index (χ4v) is 3.79. The van der Waals surface area contributed by atoms with Gasteiger partial charge >= 0.3 is 0 Å². The summed E-state index contributed by atoms with van der Waals surface area (Å²) in [4.78, 5) is 16.5. The van der Waals surface area contributed by atoms with Crippen LogP contribution in [0, 0.1) is 17.2 Å². The first-order chi connectivity index (χ1) is 11.2. The van der Waals surface area contributed by atoms with E-state index in [1.807, 2.05) is 6.07 Å². The van der Waals surface area contributed by atoms with Crippen molar-refractivity contribution in [2.45, 2.75) is 32.6 Å². The van der Waals surface area contributed by atoms with Crippen LogP contribution in [-0.2, 0) is 0 Å². The highest BCUT2D eigenvalue weighted by molar-refractivity contribution is 5.95. The summed E-state index contributed by atoms with van der Waals surface area (Å²) in [6.07, 6.45) is 5.04. The van der Waals surface area contributed by atoms with E-state index in [4.69, 9.17) is 0 Å². The Morgan fingerprint density at radius 1 is 1.22 bits per heavy atom. The van der Waals surface area contributed by atoms with Crippen molar-refractivity contribution in [1.29, 1.82) is 5.26 Å². The van der Waals surface area contributed by atoms with Crippen molar-refractivity contribution < 1.29 is 4.79 Å². The Hall–Kier alpha value is -1.86. The number of anilines is 1. The summed E-state index contributed by atoms with van der Waals surface area (Å²) in [6, 6.07) is 7.69. The summed E-state index contributed by atoms with van der Waals surface area (Å²) in [6.45, 7) is 7.29. The molecule has 0 spiro atoms. The fourth-order valence-electron chi connectivity index (χ4n) is 3.79. The van der Waals surface area contributed by atoms with Gasteiger partial charge in [-0.1, -0.05) is 0 Å². The van der Waals surface area contributed by atoms with Gasteiger partial charge in [-0.2, -0.15) is 5.26 Å². The Kier molecular flexibility index (Phi) is 4.97. The number of nitriles is 1. The third-order valence-electron chi connectivity index (χ3n) is 5.20. The van der Waals surface area contributed by atoms with Crippen molar-refractivity contribution in [1.82, 2.24) is 4.90 Å². The van der Waals surface area contributed by atoms with Crippen LogP contribution in [0.4, 0.5) is 5.69 Å². The molecule has 0 aliphatic carbocycles. The van der Waals surface area contributed by atoms with Crippen LogP contribution in [0.1, 0.15) is 48.5 Å². The summed E-state index contributed by atoms with van der Waals surface area (Å²) in [5.74, 6) is 0.825. The molecule has 0 atom stereocenters. The second-order valence-corrected chi connectivity index (χ2v) is 6.84. The van der Waals surface area contributed by atoms with Crippen LogP contribution in [0.3, 0.4) is 0 Å². The molecule has 4 nitrogen and oxygen atoms in total. The molecule has 1 aromatic carbocycles. The molecule has 0 radical (unpaired) electrons. The number of piperidine rings is 1. The molecule has 2 aliphatic heterocycles. The van der Waals surface area contributed by atoms with Gasteiger partial charge in [-0.25, -0.2) is 0 Å². The minimum atomic E-state index is 0.0552. The van der Waals surface area contributed by atoms with Crippen LogP contribution < -0.4 is 4.90 Å². The standard InChI is InChI=1S/C19H25N3O/c1-15(23)17-4-5-18(13-20)19(12-17)22-10-6-16(7-11-22)14-21-8-2-3-9-21/h4-5,12,16H,2-3,6-11,14H2,1H3. The van der Waals surface area contributed by atoms with Crippen molar-refractivity contribution in [3.63, 3.8) is 0 Å². The quantitative estimate of drug-likeness (QED) is 0.802. The molecule has 0 unspecified atom stereocenters. The molecule has 23 heavy (non-hydrogen) atoms. The lowest BCUT2D eigenvalue weighted by atomic mass is 9.95. The van der Waals surface area contributed by atoms with Crippen LogP contribution in [0.25, 0.3) is 0 Å². The van der Waals surface area contributed by atoms with E-state index < -0.39 is 0 Å². The summed E-state index contributed by atoms with van der Waals surface area (Å²) in [5, 5.41) is 9.35. The average Bonchev–Trinajstić information content (AvgIpc) is 3.08. The van der Waals surface area contributed by atoms with E-state index in [0.29, 0.717) is 11.1 Å². The summed E-state index contributed by atoms with van der Waals surface area (Å²) in [7, 11) is 0. The van der Waals surface area contributed by atoms with Crippen LogP contribution >= 0.6 is 0 Å². The Bertz CT molecular complexity index is 606. The summed E-state index contributed by atoms with van der Waals surface area (Å²) < 4.78 is 0. The number of carbonyl (C=O) groups excluding carboxylic acids is 1. The monoisotopic (exact) mass is 311 g/mol. The normalized spacial score (nSPS) is 19.7. The van der Waals surface area contributed by atoms with Gasteiger partial charge in [-0.15, -0.1) is 0 Å². The van der Waals surface area contributed by atoms with Crippen molar-refractivity contribution in [2.75, 3.05) is 37.6 Å². The first-order valence-corrected chi connectivity index (χ1v) is 8.70. The molecule has 0 aromatic heterocycles. The maximum Gasteiger partial charge on any atom is 0.159 e. The zero-order chi connectivity index (χ0) is 16.2. The Morgan fingerprint density at radius 2 is 1.91 bits per heavy atom. The average molecular weight is 311 g/mol. The molecular weight excluding hydrogens is 286 g/mol. The highest BCUT2D eigenvalue weighted by Gasteiger charge is 2.24. The second-order valence-electron chi connectivity index (χ2n) is 6.84. The number of ketones is 1. The van der Waals surface area contributed by atoms with Crippen molar-refractivity contribution in [3.05, 3.63) is 29.3 Å². The van der Waals surface area contributed by atoms with E-state index in [1.165, 1.54) is 45.3 Å². The van der Waals surface area contributed by atoms with Gasteiger partial charge in [0.25, 0.3) is 0 Å². The molecular formula is C19H25N3O. The van der Waals surface area contributed by atoms with Gasteiger partial charge < -0.3 is 9.80 Å². The van der Waals surface area contributed by atoms with Gasteiger partial charge in [-0.05, 0) is 69.8 Å².